The zero-order valence-corrected chi connectivity index (χ0v) is 16.0. The Morgan fingerprint density at radius 1 is 1.26 bits per heavy atom. The molecule has 2 atom stereocenters. The van der Waals surface area contributed by atoms with E-state index >= 15 is 0 Å². The predicted molar refractivity (Wildman–Crippen MR) is 106 cm³/mol. The molecule has 0 amide bonds. The van der Waals surface area contributed by atoms with Gasteiger partial charge in [-0.15, -0.1) is 24.0 Å². The van der Waals surface area contributed by atoms with Crippen LogP contribution in [0, 0.1) is 5.92 Å². The topological polar surface area (TPSA) is 43.4 Å². The van der Waals surface area contributed by atoms with Crippen LogP contribution in [0.15, 0.2) is 53.7 Å². The predicted octanol–water partition coefficient (Wildman–Crippen LogP) is 3.27. The first-order valence-electron chi connectivity index (χ1n) is 7.87. The summed E-state index contributed by atoms with van der Waals surface area (Å²) in [4.78, 5) is 9.80. The molecule has 1 aromatic carbocycles. The average molecular weight is 424 g/mol. The maximum absolute atomic E-state index is 4.41. The molecule has 0 radical (unpaired) electrons. The summed E-state index contributed by atoms with van der Waals surface area (Å²) < 4.78 is 0. The Morgan fingerprint density at radius 3 is 2.70 bits per heavy atom. The van der Waals surface area contributed by atoms with Gasteiger partial charge < -0.3 is 15.2 Å². The minimum atomic E-state index is 0. The Balaban J connectivity index is 0.00000192. The number of aliphatic imine (C=N–C) groups is 1. The van der Waals surface area contributed by atoms with Crippen molar-refractivity contribution in [2.24, 2.45) is 10.9 Å². The highest BCUT2D eigenvalue weighted by Crippen LogP contribution is 2.33. The fourth-order valence-electron chi connectivity index (χ4n) is 2.87. The van der Waals surface area contributed by atoms with Crippen molar-refractivity contribution >= 4 is 29.9 Å². The normalized spacial score (nSPS) is 19.8. The second-order valence-corrected chi connectivity index (χ2v) is 6.03. The molecule has 2 aromatic rings. The fraction of sp³-hybridized carbons (Fsp3) is 0.389. The van der Waals surface area contributed by atoms with Crippen molar-refractivity contribution in [3.8, 4) is 0 Å². The molecule has 1 saturated carbocycles. The van der Waals surface area contributed by atoms with Crippen LogP contribution in [0.5, 0.6) is 0 Å². The summed E-state index contributed by atoms with van der Waals surface area (Å²) >= 11 is 0. The number of aromatic nitrogens is 1. The minimum absolute atomic E-state index is 0. The monoisotopic (exact) mass is 424 g/mol. The van der Waals surface area contributed by atoms with Gasteiger partial charge in [-0.3, -0.25) is 4.99 Å². The standard InChI is InChI=1S/C18H24N4.HI/c1-19-18(22(2)13-16-9-6-10-20-16)21-17-12-15(17)11-14-7-4-3-5-8-14;/h3-10,15,17,20H,11-13H2,1-2H3,(H,19,21);1H. The molecule has 1 heterocycles. The van der Waals surface area contributed by atoms with Crippen LogP contribution in [-0.4, -0.2) is 36.0 Å². The number of hydrogen-bond donors (Lipinski definition) is 2. The van der Waals surface area contributed by atoms with Gasteiger partial charge in [0, 0.05) is 32.0 Å². The van der Waals surface area contributed by atoms with Gasteiger partial charge in [0.05, 0.1) is 6.54 Å². The van der Waals surface area contributed by atoms with Crippen LogP contribution in [0.3, 0.4) is 0 Å². The molecule has 1 aliphatic rings. The van der Waals surface area contributed by atoms with Crippen molar-refractivity contribution in [3.05, 3.63) is 59.9 Å². The lowest BCUT2D eigenvalue weighted by Crippen LogP contribution is -2.40. The van der Waals surface area contributed by atoms with Gasteiger partial charge in [0.1, 0.15) is 0 Å². The lowest BCUT2D eigenvalue weighted by atomic mass is 10.1. The van der Waals surface area contributed by atoms with E-state index in [1.807, 2.05) is 19.3 Å². The van der Waals surface area contributed by atoms with Gasteiger partial charge in [0.15, 0.2) is 5.96 Å². The lowest BCUT2D eigenvalue weighted by Gasteiger charge is -2.21. The summed E-state index contributed by atoms with van der Waals surface area (Å²) in [5.74, 6) is 1.69. The highest BCUT2D eigenvalue weighted by molar-refractivity contribution is 14.0. The zero-order valence-electron chi connectivity index (χ0n) is 13.7. The third kappa shape index (κ3) is 4.99. The zero-order chi connectivity index (χ0) is 15.4. The molecule has 0 aliphatic heterocycles. The van der Waals surface area contributed by atoms with Gasteiger partial charge in [-0.25, -0.2) is 0 Å². The number of nitrogens with one attached hydrogen (secondary N) is 2. The molecule has 124 valence electrons. The van der Waals surface area contributed by atoms with Crippen molar-refractivity contribution in [1.29, 1.82) is 0 Å². The van der Waals surface area contributed by atoms with Crippen LogP contribution < -0.4 is 5.32 Å². The van der Waals surface area contributed by atoms with Crippen LogP contribution in [0.2, 0.25) is 0 Å². The molecule has 1 aromatic heterocycles. The molecule has 5 heteroatoms. The highest BCUT2D eigenvalue weighted by Gasteiger charge is 2.37. The molecule has 2 N–H and O–H groups in total. The molecule has 1 aliphatic carbocycles. The van der Waals surface area contributed by atoms with E-state index in [1.54, 1.807) is 0 Å². The van der Waals surface area contributed by atoms with Crippen molar-refractivity contribution in [1.82, 2.24) is 15.2 Å². The Kier molecular flexibility index (Phi) is 6.50. The van der Waals surface area contributed by atoms with Crippen molar-refractivity contribution in [2.75, 3.05) is 14.1 Å². The number of rotatable bonds is 5. The summed E-state index contributed by atoms with van der Waals surface area (Å²) in [6.07, 6.45) is 4.33. The minimum Gasteiger partial charge on any atom is -0.364 e. The molecule has 1 fully saturated rings. The Morgan fingerprint density at radius 2 is 2.04 bits per heavy atom. The molecule has 0 spiro atoms. The summed E-state index contributed by atoms with van der Waals surface area (Å²) in [6.45, 7) is 0.836. The van der Waals surface area contributed by atoms with Gasteiger partial charge in [-0.05, 0) is 36.5 Å². The van der Waals surface area contributed by atoms with E-state index in [4.69, 9.17) is 0 Å². The maximum Gasteiger partial charge on any atom is 0.193 e. The van der Waals surface area contributed by atoms with Gasteiger partial charge in [0.2, 0.25) is 0 Å². The van der Waals surface area contributed by atoms with Crippen molar-refractivity contribution < 1.29 is 0 Å². The SMILES string of the molecule is CN=C(NC1CC1Cc1ccccc1)N(C)Cc1ccc[nH]1.I. The molecular formula is C18H25IN4. The number of hydrogen-bond acceptors (Lipinski definition) is 1. The van der Waals surface area contributed by atoms with E-state index in [1.165, 1.54) is 17.7 Å². The van der Waals surface area contributed by atoms with E-state index in [9.17, 15) is 0 Å². The van der Waals surface area contributed by atoms with E-state index in [0.29, 0.717) is 6.04 Å². The van der Waals surface area contributed by atoms with E-state index in [-0.39, 0.29) is 24.0 Å². The quantitative estimate of drug-likeness (QED) is 0.440. The largest absolute Gasteiger partial charge is 0.364 e. The molecule has 0 bridgehead atoms. The van der Waals surface area contributed by atoms with Crippen LogP contribution in [0.25, 0.3) is 0 Å². The molecule has 2 unspecified atom stereocenters. The first kappa shape index (κ1) is 17.8. The van der Waals surface area contributed by atoms with E-state index in [0.717, 1.165) is 24.8 Å². The Hall–Kier alpha value is -1.50. The summed E-state index contributed by atoms with van der Waals surface area (Å²) in [6, 6.07) is 15.4. The number of benzene rings is 1. The molecule has 3 rings (SSSR count). The second-order valence-electron chi connectivity index (χ2n) is 6.03. The van der Waals surface area contributed by atoms with Crippen molar-refractivity contribution in [2.45, 2.75) is 25.4 Å². The molecular weight excluding hydrogens is 399 g/mol. The van der Waals surface area contributed by atoms with Gasteiger partial charge in [-0.2, -0.15) is 0 Å². The van der Waals surface area contributed by atoms with Gasteiger partial charge >= 0.3 is 0 Å². The van der Waals surface area contributed by atoms with E-state index < -0.39 is 0 Å². The van der Waals surface area contributed by atoms with Crippen LogP contribution in [0.4, 0.5) is 0 Å². The number of aromatic amines is 1. The number of halogens is 1. The molecule has 23 heavy (non-hydrogen) atoms. The van der Waals surface area contributed by atoms with Crippen LogP contribution >= 0.6 is 24.0 Å². The molecule has 0 saturated heterocycles. The van der Waals surface area contributed by atoms with Crippen LogP contribution in [-0.2, 0) is 13.0 Å². The molecule has 4 nitrogen and oxygen atoms in total. The lowest BCUT2D eigenvalue weighted by molar-refractivity contribution is 0.468. The maximum atomic E-state index is 4.41. The Bertz CT molecular complexity index is 609. The summed E-state index contributed by atoms with van der Waals surface area (Å²) in [5.41, 5.74) is 2.62. The average Bonchev–Trinajstić information content (AvgIpc) is 3.04. The first-order chi connectivity index (χ1) is 10.8. The fourth-order valence-corrected chi connectivity index (χ4v) is 2.87. The van der Waals surface area contributed by atoms with E-state index in [2.05, 4.69) is 63.6 Å². The second kappa shape index (κ2) is 8.38. The van der Waals surface area contributed by atoms with Crippen molar-refractivity contribution in [3.63, 3.8) is 0 Å². The van der Waals surface area contributed by atoms with Gasteiger partial charge in [0.25, 0.3) is 0 Å². The third-order valence-electron chi connectivity index (χ3n) is 4.22. The number of nitrogens with zero attached hydrogens (tertiary/aromatic N) is 2. The summed E-state index contributed by atoms with van der Waals surface area (Å²) in [5, 5.41) is 3.59. The third-order valence-corrected chi connectivity index (χ3v) is 4.22. The number of H-pyrrole nitrogens is 1. The first-order valence-corrected chi connectivity index (χ1v) is 7.87. The van der Waals surface area contributed by atoms with Crippen LogP contribution in [0.1, 0.15) is 17.7 Å². The number of guanidine groups is 1. The smallest absolute Gasteiger partial charge is 0.193 e. The summed E-state index contributed by atoms with van der Waals surface area (Å²) in [7, 11) is 3.92. The highest BCUT2D eigenvalue weighted by atomic mass is 127. The Labute approximate surface area is 155 Å². The van der Waals surface area contributed by atoms with Gasteiger partial charge in [-0.1, -0.05) is 30.3 Å².